The van der Waals surface area contributed by atoms with Crippen molar-refractivity contribution in [2.24, 2.45) is 22.5 Å². The van der Waals surface area contributed by atoms with E-state index in [0.29, 0.717) is 10.8 Å². The van der Waals surface area contributed by atoms with Gasteiger partial charge in [-0.25, -0.2) is 0 Å². The summed E-state index contributed by atoms with van der Waals surface area (Å²) in [6, 6.07) is 2.58. The van der Waals surface area contributed by atoms with Crippen molar-refractivity contribution >= 4 is 0 Å². The summed E-state index contributed by atoms with van der Waals surface area (Å²) in [6.07, 6.45) is 5.08. The molecule has 1 aromatic heterocycles. The van der Waals surface area contributed by atoms with Crippen LogP contribution < -0.4 is 5.73 Å². The van der Waals surface area contributed by atoms with E-state index in [1.807, 2.05) is 0 Å². The van der Waals surface area contributed by atoms with Crippen LogP contribution in [0, 0.1) is 23.7 Å². The predicted molar refractivity (Wildman–Crippen MR) is 84.7 cm³/mol. The van der Waals surface area contributed by atoms with Crippen molar-refractivity contribution in [3.63, 3.8) is 0 Å². The largest absolute Gasteiger partial charge is 0.348 e. The van der Waals surface area contributed by atoms with Gasteiger partial charge in [-0.3, -0.25) is 0 Å². The third-order valence-corrected chi connectivity index (χ3v) is 5.86. The van der Waals surface area contributed by atoms with Gasteiger partial charge in [-0.05, 0) is 61.0 Å². The summed E-state index contributed by atoms with van der Waals surface area (Å²) in [6.45, 7) is 12.9. The van der Waals surface area contributed by atoms with Crippen LogP contribution in [-0.2, 0) is 13.0 Å². The highest BCUT2D eigenvalue weighted by molar-refractivity contribution is 5.34. The standard InChI is InChI=1S/C18H30N2/c1-12(2)18(6-7-18)11-20-13(3)8-14-15(19)9-17(4,5)10-16(14)20/h8,12,15H,6-7,9-11,19H2,1-5H3. The first-order chi connectivity index (χ1) is 9.24. The van der Waals surface area contributed by atoms with Gasteiger partial charge >= 0.3 is 0 Å². The second kappa shape index (κ2) is 4.37. The monoisotopic (exact) mass is 274 g/mol. The average Bonchev–Trinajstić information content (AvgIpc) is 3.03. The van der Waals surface area contributed by atoms with Gasteiger partial charge in [-0.1, -0.05) is 27.7 Å². The van der Waals surface area contributed by atoms with Crippen LogP contribution in [-0.4, -0.2) is 4.57 Å². The Morgan fingerprint density at radius 3 is 2.55 bits per heavy atom. The van der Waals surface area contributed by atoms with E-state index >= 15 is 0 Å². The molecular weight excluding hydrogens is 244 g/mol. The van der Waals surface area contributed by atoms with Crippen LogP contribution in [0.3, 0.4) is 0 Å². The zero-order chi connectivity index (χ0) is 14.7. The molecule has 0 spiro atoms. The summed E-state index contributed by atoms with van der Waals surface area (Å²) in [5.41, 5.74) is 11.7. The zero-order valence-electron chi connectivity index (χ0n) is 13.8. The first-order valence-corrected chi connectivity index (χ1v) is 8.19. The van der Waals surface area contributed by atoms with E-state index in [9.17, 15) is 0 Å². The third-order valence-electron chi connectivity index (χ3n) is 5.86. The molecule has 0 saturated heterocycles. The van der Waals surface area contributed by atoms with Gasteiger partial charge in [0.25, 0.3) is 0 Å². The molecule has 1 heterocycles. The van der Waals surface area contributed by atoms with Gasteiger partial charge in [0.2, 0.25) is 0 Å². The summed E-state index contributed by atoms with van der Waals surface area (Å²) < 4.78 is 2.60. The Labute approximate surface area is 123 Å². The quantitative estimate of drug-likeness (QED) is 0.879. The maximum absolute atomic E-state index is 6.43. The van der Waals surface area contributed by atoms with Crippen molar-refractivity contribution < 1.29 is 0 Å². The van der Waals surface area contributed by atoms with Gasteiger partial charge in [0.05, 0.1) is 0 Å². The SMILES string of the molecule is Cc1cc2c(n1CC1(C(C)C)CC1)CC(C)(C)CC2N. The van der Waals surface area contributed by atoms with E-state index in [0.717, 1.165) is 12.3 Å². The molecule has 1 fully saturated rings. The maximum Gasteiger partial charge on any atom is 0.0318 e. The third kappa shape index (κ3) is 2.22. The lowest BCUT2D eigenvalue weighted by Crippen LogP contribution is -2.31. The van der Waals surface area contributed by atoms with Gasteiger partial charge in [0.15, 0.2) is 0 Å². The number of fused-ring (bicyclic) bond motifs is 1. The minimum atomic E-state index is 0.225. The number of aryl methyl sites for hydroxylation is 1. The molecule has 2 aliphatic rings. The maximum atomic E-state index is 6.43. The van der Waals surface area contributed by atoms with Crippen LogP contribution >= 0.6 is 0 Å². The Morgan fingerprint density at radius 1 is 1.35 bits per heavy atom. The molecule has 3 rings (SSSR count). The number of hydrogen-bond acceptors (Lipinski definition) is 1. The summed E-state index contributed by atoms with van der Waals surface area (Å²) in [7, 11) is 0. The van der Waals surface area contributed by atoms with Crippen molar-refractivity contribution in [2.75, 3.05) is 0 Å². The molecule has 20 heavy (non-hydrogen) atoms. The van der Waals surface area contributed by atoms with Crippen molar-refractivity contribution in [1.29, 1.82) is 0 Å². The van der Waals surface area contributed by atoms with Crippen LogP contribution in [0.25, 0.3) is 0 Å². The predicted octanol–water partition coefficient (Wildman–Crippen LogP) is 4.20. The molecule has 2 heteroatoms. The zero-order valence-corrected chi connectivity index (χ0v) is 13.8. The molecule has 2 N–H and O–H groups in total. The molecule has 0 amide bonds. The lowest BCUT2D eigenvalue weighted by atomic mass is 9.74. The second-order valence-electron chi connectivity index (χ2n) is 8.44. The molecule has 112 valence electrons. The summed E-state index contributed by atoms with van der Waals surface area (Å²) in [5, 5.41) is 0. The molecule has 0 radical (unpaired) electrons. The van der Waals surface area contributed by atoms with Crippen LogP contribution in [0.2, 0.25) is 0 Å². The minimum absolute atomic E-state index is 0.225. The van der Waals surface area contributed by atoms with Gasteiger partial charge in [0.1, 0.15) is 0 Å². The fourth-order valence-electron chi connectivity index (χ4n) is 4.12. The molecule has 0 bridgehead atoms. The average molecular weight is 274 g/mol. The summed E-state index contributed by atoms with van der Waals surface area (Å²) in [5.74, 6) is 0.783. The van der Waals surface area contributed by atoms with Crippen molar-refractivity contribution in [3.05, 3.63) is 23.0 Å². The topological polar surface area (TPSA) is 30.9 Å². The summed E-state index contributed by atoms with van der Waals surface area (Å²) in [4.78, 5) is 0. The molecule has 2 aliphatic carbocycles. The molecular formula is C18H30N2. The van der Waals surface area contributed by atoms with Crippen molar-refractivity contribution in [1.82, 2.24) is 4.57 Å². The van der Waals surface area contributed by atoms with Crippen molar-refractivity contribution in [3.8, 4) is 0 Å². The highest BCUT2D eigenvalue weighted by Crippen LogP contribution is 2.54. The van der Waals surface area contributed by atoms with Gasteiger partial charge < -0.3 is 10.3 Å². The molecule has 2 nitrogen and oxygen atoms in total. The first kappa shape index (κ1) is 14.2. The lowest BCUT2D eigenvalue weighted by molar-refractivity contribution is 0.259. The summed E-state index contributed by atoms with van der Waals surface area (Å²) >= 11 is 0. The normalized spacial score (nSPS) is 26.6. The highest BCUT2D eigenvalue weighted by atomic mass is 15.0. The molecule has 0 aromatic carbocycles. The second-order valence-corrected chi connectivity index (χ2v) is 8.44. The van der Waals surface area contributed by atoms with Gasteiger partial charge in [-0.2, -0.15) is 0 Å². The number of hydrogen-bond donors (Lipinski definition) is 1. The Morgan fingerprint density at radius 2 is 2.00 bits per heavy atom. The number of aromatic nitrogens is 1. The number of nitrogens with two attached hydrogens (primary N) is 1. The Balaban J connectivity index is 1.97. The van der Waals surface area contributed by atoms with E-state index in [4.69, 9.17) is 5.73 Å². The van der Waals surface area contributed by atoms with Gasteiger partial charge in [-0.15, -0.1) is 0 Å². The number of rotatable bonds is 3. The van der Waals surface area contributed by atoms with E-state index in [2.05, 4.69) is 45.3 Å². The van der Waals surface area contributed by atoms with E-state index in [1.165, 1.54) is 42.8 Å². The van der Waals surface area contributed by atoms with Crippen LogP contribution in [0.15, 0.2) is 6.07 Å². The molecule has 1 saturated carbocycles. The molecule has 1 unspecified atom stereocenters. The first-order valence-electron chi connectivity index (χ1n) is 8.19. The fourth-order valence-corrected chi connectivity index (χ4v) is 4.12. The van der Waals surface area contributed by atoms with E-state index in [-0.39, 0.29) is 6.04 Å². The Hall–Kier alpha value is -0.760. The Kier molecular flexibility index (Phi) is 3.10. The highest BCUT2D eigenvalue weighted by Gasteiger charge is 2.46. The Bertz CT molecular complexity index is 518. The van der Waals surface area contributed by atoms with Gasteiger partial charge in [0, 0.05) is 24.0 Å². The molecule has 1 aromatic rings. The van der Waals surface area contributed by atoms with E-state index < -0.39 is 0 Å². The van der Waals surface area contributed by atoms with Crippen LogP contribution in [0.5, 0.6) is 0 Å². The lowest BCUT2D eigenvalue weighted by Gasteiger charge is -2.35. The minimum Gasteiger partial charge on any atom is -0.348 e. The van der Waals surface area contributed by atoms with Crippen LogP contribution in [0.1, 0.15) is 70.0 Å². The smallest absolute Gasteiger partial charge is 0.0318 e. The molecule has 0 aliphatic heterocycles. The fraction of sp³-hybridized carbons (Fsp3) is 0.778. The number of nitrogens with zero attached hydrogens (tertiary/aromatic N) is 1. The van der Waals surface area contributed by atoms with E-state index in [1.54, 1.807) is 0 Å². The molecule has 1 atom stereocenters. The van der Waals surface area contributed by atoms with Crippen LogP contribution in [0.4, 0.5) is 0 Å². The van der Waals surface area contributed by atoms with Crippen molar-refractivity contribution in [2.45, 2.75) is 72.9 Å².